The number of carbonyl (C=O) groups is 1. The average Bonchev–Trinajstić information content (AvgIpc) is 2.99. The number of nitrogens with one attached hydrogen (secondary N) is 1. The van der Waals surface area contributed by atoms with E-state index in [4.69, 9.17) is 4.74 Å². The lowest BCUT2D eigenvalue weighted by Crippen LogP contribution is -2.28. The van der Waals surface area contributed by atoms with Gasteiger partial charge in [0, 0.05) is 13.1 Å². The number of ether oxygens (including phenoxy) is 1. The Morgan fingerprint density at radius 3 is 2.81 bits per heavy atom. The zero-order chi connectivity index (χ0) is 15.1. The molecule has 2 rings (SSSR count). The molecule has 0 saturated carbocycles. The zero-order valence-electron chi connectivity index (χ0n) is 12.3. The quantitative estimate of drug-likeness (QED) is 0.779. The van der Waals surface area contributed by atoms with Crippen molar-refractivity contribution in [3.8, 4) is 0 Å². The normalized spacial score (nSPS) is 12.1. The molecule has 21 heavy (non-hydrogen) atoms. The molecular weight excluding hydrogens is 268 g/mol. The van der Waals surface area contributed by atoms with Crippen molar-refractivity contribution in [3.63, 3.8) is 0 Å². The Morgan fingerprint density at radius 2 is 2.14 bits per heavy atom. The minimum atomic E-state index is -0.325. The van der Waals surface area contributed by atoms with Crippen LogP contribution in [0.5, 0.6) is 0 Å². The molecule has 0 aliphatic rings. The topological polar surface area (TPSA) is 69.0 Å². The molecule has 1 aromatic heterocycles. The van der Waals surface area contributed by atoms with Gasteiger partial charge in [-0.15, -0.1) is 10.2 Å². The number of benzene rings is 1. The Kier molecular flexibility index (Phi) is 5.45. The molecule has 0 amide bonds. The molecule has 0 bridgehead atoms. The average molecular weight is 288 g/mol. The molecule has 1 heterocycles. The van der Waals surface area contributed by atoms with Gasteiger partial charge in [-0.3, -0.25) is 4.79 Å². The van der Waals surface area contributed by atoms with Crippen molar-refractivity contribution in [1.29, 1.82) is 0 Å². The van der Waals surface area contributed by atoms with Crippen molar-refractivity contribution in [2.45, 2.75) is 25.9 Å². The number of aryl methyl sites for hydroxylation is 1. The van der Waals surface area contributed by atoms with Crippen LogP contribution in [0.15, 0.2) is 36.7 Å². The predicted molar refractivity (Wildman–Crippen MR) is 78.6 cm³/mol. The molecule has 0 saturated heterocycles. The smallest absolute Gasteiger partial charge is 0.314 e. The maximum atomic E-state index is 11.9. The first-order chi connectivity index (χ1) is 10.3. The van der Waals surface area contributed by atoms with Crippen LogP contribution in [0.4, 0.5) is 0 Å². The molecule has 2 aromatic rings. The van der Waals surface area contributed by atoms with E-state index < -0.39 is 0 Å². The Hall–Kier alpha value is -2.21. The van der Waals surface area contributed by atoms with Crippen molar-refractivity contribution in [2.24, 2.45) is 0 Å². The monoisotopic (exact) mass is 288 g/mol. The summed E-state index contributed by atoms with van der Waals surface area (Å²) in [7, 11) is 1.41. The number of methoxy groups -OCH3 is 1. The van der Waals surface area contributed by atoms with Crippen LogP contribution in [-0.4, -0.2) is 34.4 Å². The summed E-state index contributed by atoms with van der Waals surface area (Å²) in [4.78, 5) is 11.9. The molecule has 0 radical (unpaired) electrons. The van der Waals surface area contributed by atoms with E-state index in [9.17, 15) is 4.79 Å². The highest BCUT2D eigenvalue weighted by molar-refractivity contribution is 5.78. The lowest BCUT2D eigenvalue weighted by Gasteiger charge is -2.15. The molecule has 1 unspecified atom stereocenters. The Morgan fingerprint density at radius 1 is 1.38 bits per heavy atom. The van der Waals surface area contributed by atoms with Gasteiger partial charge in [-0.1, -0.05) is 30.3 Å². The molecule has 0 aliphatic carbocycles. The van der Waals surface area contributed by atoms with E-state index in [1.165, 1.54) is 7.11 Å². The number of nitrogens with zero attached hydrogens (tertiary/aromatic N) is 3. The van der Waals surface area contributed by atoms with Crippen molar-refractivity contribution in [2.75, 3.05) is 13.7 Å². The van der Waals surface area contributed by atoms with Crippen LogP contribution in [0.1, 0.15) is 24.2 Å². The summed E-state index contributed by atoms with van der Waals surface area (Å²) in [6, 6.07) is 9.61. The maximum Gasteiger partial charge on any atom is 0.314 e. The van der Waals surface area contributed by atoms with E-state index in [-0.39, 0.29) is 11.9 Å². The van der Waals surface area contributed by atoms with Crippen LogP contribution < -0.4 is 5.32 Å². The molecule has 0 spiro atoms. The van der Waals surface area contributed by atoms with Crippen molar-refractivity contribution in [3.05, 3.63) is 48.0 Å². The van der Waals surface area contributed by atoms with Gasteiger partial charge in [0.1, 0.15) is 12.2 Å². The fourth-order valence-corrected chi connectivity index (χ4v) is 2.17. The zero-order valence-corrected chi connectivity index (χ0v) is 12.3. The van der Waals surface area contributed by atoms with Gasteiger partial charge < -0.3 is 14.6 Å². The molecule has 1 N–H and O–H groups in total. The van der Waals surface area contributed by atoms with Gasteiger partial charge in [0.05, 0.1) is 19.6 Å². The Bertz CT molecular complexity index is 568. The van der Waals surface area contributed by atoms with E-state index in [0.29, 0.717) is 13.1 Å². The molecule has 112 valence electrons. The second-order valence-corrected chi connectivity index (χ2v) is 4.65. The highest BCUT2D eigenvalue weighted by Gasteiger charge is 2.20. The van der Waals surface area contributed by atoms with Gasteiger partial charge in [-0.05, 0) is 12.5 Å². The van der Waals surface area contributed by atoms with Gasteiger partial charge in [0.2, 0.25) is 0 Å². The van der Waals surface area contributed by atoms with Crippen molar-refractivity contribution in [1.82, 2.24) is 20.1 Å². The summed E-state index contributed by atoms with van der Waals surface area (Å²) < 4.78 is 6.85. The summed E-state index contributed by atoms with van der Waals surface area (Å²) in [5.41, 5.74) is 0.939. The standard InChI is InChI=1S/C15H20N4O2/c1-3-19-11-17-18-14(19)10-16-9-13(15(20)21-2)12-7-5-4-6-8-12/h4-8,11,13,16H,3,9-10H2,1-2H3. The molecule has 6 heteroatoms. The largest absolute Gasteiger partial charge is 0.469 e. The highest BCUT2D eigenvalue weighted by Crippen LogP contribution is 2.16. The van der Waals surface area contributed by atoms with Gasteiger partial charge in [-0.2, -0.15) is 0 Å². The third-order valence-corrected chi connectivity index (χ3v) is 3.36. The van der Waals surface area contributed by atoms with Crippen LogP contribution in [0.25, 0.3) is 0 Å². The molecule has 0 aliphatic heterocycles. The van der Waals surface area contributed by atoms with E-state index in [1.807, 2.05) is 41.8 Å². The number of esters is 1. The summed E-state index contributed by atoms with van der Waals surface area (Å²) in [5, 5.41) is 11.2. The number of aromatic nitrogens is 3. The van der Waals surface area contributed by atoms with Gasteiger partial charge >= 0.3 is 5.97 Å². The summed E-state index contributed by atoms with van der Waals surface area (Å²) in [6.45, 7) is 3.92. The van der Waals surface area contributed by atoms with Crippen LogP contribution in [0.2, 0.25) is 0 Å². The maximum absolute atomic E-state index is 11.9. The van der Waals surface area contributed by atoms with Crippen LogP contribution in [-0.2, 0) is 22.6 Å². The van der Waals surface area contributed by atoms with Gasteiger partial charge in [0.15, 0.2) is 0 Å². The molecular formula is C15H20N4O2. The third-order valence-electron chi connectivity index (χ3n) is 3.36. The minimum absolute atomic E-state index is 0.245. The molecule has 1 aromatic carbocycles. The first-order valence-corrected chi connectivity index (χ1v) is 6.96. The predicted octanol–water partition coefficient (Wildman–Crippen LogP) is 1.34. The van der Waals surface area contributed by atoms with Crippen LogP contribution >= 0.6 is 0 Å². The highest BCUT2D eigenvalue weighted by atomic mass is 16.5. The number of rotatable bonds is 7. The molecule has 6 nitrogen and oxygen atoms in total. The number of carbonyl (C=O) groups excluding carboxylic acids is 1. The SMILES string of the molecule is CCn1cnnc1CNCC(C(=O)OC)c1ccccc1. The van der Waals surface area contributed by atoms with E-state index >= 15 is 0 Å². The molecule has 1 atom stereocenters. The van der Waals surface area contributed by atoms with Crippen LogP contribution in [0.3, 0.4) is 0 Å². The fraction of sp³-hybridized carbons (Fsp3) is 0.400. The summed E-state index contributed by atoms with van der Waals surface area (Å²) in [6.07, 6.45) is 1.70. The first kappa shape index (κ1) is 15.2. The second kappa shape index (κ2) is 7.54. The third kappa shape index (κ3) is 3.88. The first-order valence-electron chi connectivity index (χ1n) is 6.96. The molecule has 0 fully saturated rings. The number of hydrogen-bond donors (Lipinski definition) is 1. The second-order valence-electron chi connectivity index (χ2n) is 4.65. The van der Waals surface area contributed by atoms with E-state index in [1.54, 1.807) is 6.33 Å². The van der Waals surface area contributed by atoms with E-state index in [0.717, 1.165) is 17.9 Å². The minimum Gasteiger partial charge on any atom is -0.469 e. The summed E-state index contributed by atoms with van der Waals surface area (Å²) in [5.74, 6) is 0.286. The van der Waals surface area contributed by atoms with Crippen LogP contribution in [0, 0.1) is 0 Å². The lowest BCUT2D eigenvalue weighted by molar-refractivity contribution is -0.142. The van der Waals surface area contributed by atoms with E-state index in [2.05, 4.69) is 15.5 Å². The van der Waals surface area contributed by atoms with Gasteiger partial charge in [-0.25, -0.2) is 0 Å². The Balaban J connectivity index is 1.98. The fourth-order valence-electron chi connectivity index (χ4n) is 2.17. The Labute approximate surface area is 124 Å². The van der Waals surface area contributed by atoms with Crippen molar-refractivity contribution >= 4 is 5.97 Å². The van der Waals surface area contributed by atoms with Crippen molar-refractivity contribution < 1.29 is 9.53 Å². The van der Waals surface area contributed by atoms with Gasteiger partial charge in [0.25, 0.3) is 0 Å². The lowest BCUT2D eigenvalue weighted by atomic mass is 9.99. The summed E-state index contributed by atoms with van der Waals surface area (Å²) >= 11 is 0. The number of hydrogen-bond acceptors (Lipinski definition) is 5.